The summed E-state index contributed by atoms with van der Waals surface area (Å²) in [6, 6.07) is 12.1. The summed E-state index contributed by atoms with van der Waals surface area (Å²) in [5.74, 6) is -0.306. The first-order chi connectivity index (χ1) is 13.5. The Hall–Kier alpha value is -2.93. The van der Waals surface area contributed by atoms with Crippen LogP contribution >= 0.6 is 11.8 Å². The normalized spacial score (nSPS) is 17.8. The predicted molar refractivity (Wildman–Crippen MR) is 115 cm³/mol. The molecule has 1 N–H and O–H groups in total. The average Bonchev–Trinajstić information content (AvgIpc) is 3.20. The van der Waals surface area contributed by atoms with E-state index in [-0.39, 0.29) is 17.3 Å². The first-order valence-electron chi connectivity index (χ1n) is 9.23. The van der Waals surface area contributed by atoms with Crippen LogP contribution in [0.1, 0.15) is 36.7 Å². The molecule has 7 heteroatoms. The Kier molecular flexibility index (Phi) is 4.77. The van der Waals surface area contributed by atoms with Crippen molar-refractivity contribution < 1.29 is 4.79 Å². The summed E-state index contributed by atoms with van der Waals surface area (Å²) >= 11 is 1.37. The van der Waals surface area contributed by atoms with Gasteiger partial charge in [0, 0.05) is 17.1 Å². The van der Waals surface area contributed by atoms with Crippen molar-refractivity contribution in [2.45, 2.75) is 33.6 Å². The quantitative estimate of drug-likeness (QED) is 0.779. The number of hydrogen-bond acceptors (Lipinski definition) is 4. The van der Waals surface area contributed by atoms with Crippen LogP contribution in [0.15, 0.2) is 52.1 Å². The molecule has 0 aliphatic carbocycles. The van der Waals surface area contributed by atoms with Gasteiger partial charge in [-0.25, -0.2) is 0 Å². The van der Waals surface area contributed by atoms with Gasteiger partial charge in [-0.1, -0.05) is 25.1 Å². The summed E-state index contributed by atoms with van der Waals surface area (Å²) in [6.45, 7) is 6.12. The lowest BCUT2D eigenvalue weighted by atomic mass is 10.1. The molecule has 1 aromatic carbocycles. The van der Waals surface area contributed by atoms with Gasteiger partial charge in [0.1, 0.15) is 5.04 Å². The number of aryl methyl sites for hydroxylation is 1. The van der Waals surface area contributed by atoms with Gasteiger partial charge in [-0.3, -0.25) is 10.2 Å². The third-order valence-corrected chi connectivity index (χ3v) is 5.71. The zero-order valence-corrected chi connectivity index (χ0v) is 16.9. The van der Waals surface area contributed by atoms with E-state index in [0.717, 1.165) is 40.5 Å². The number of thioether (sulfide) groups is 1. The number of fused-ring (bicyclic) bond motifs is 1. The van der Waals surface area contributed by atoms with Crippen LogP contribution in [0.4, 0.5) is 0 Å². The van der Waals surface area contributed by atoms with Crippen molar-refractivity contribution in [3.63, 3.8) is 0 Å². The third-order valence-electron chi connectivity index (χ3n) is 4.74. The Morgan fingerprint density at radius 1 is 1.21 bits per heavy atom. The van der Waals surface area contributed by atoms with Crippen LogP contribution in [-0.4, -0.2) is 31.5 Å². The standard InChI is InChI=1S/C21H21N5OS/c1-4-8-18-24-26-19(22)17(20(27)23-21(26)28-18)12-15-11-13(2)25(14(15)3)16-9-6-5-7-10-16/h5-7,9-12,22H,4,8H2,1-3H3. The second-order valence-corrected chi connectivity index (χ2v) is 7.80. The molecule has 4 rings (SSSR count). The zero-order chi connectivity index (χ0) is 19.8. The second kappa shape index (κ2) is 7.24. The number of carbonyl (C=O) groups excluding carboxylic acids is 1. The number of rotatable bonds is 4. The third kappa shape index (κ3) is 3.11. The molecule has 2 aliphatic rings. The molecule has 2 aliphatic heterocycles. The highest BCUT2D eigenvalue weighted by molar-refractivity contribution is 8.26. The second-order valence-electron chi connectivity index (χ2n) is 6.76. The first kappa shape index (κ1) is 18.4. The van der Waals surface area contributed by atoms with E-state index in [4.69, 9.17) is 5.41 Å². The van der Waals surface area contributed by atoms with Crippen molar-refractivity contribution >= 4 is 39.8 Å². The maximum absolute atomic E-state index is 12.6. The van der Waals surface area contributed by atoms with Crippen LogP contribution in [0.25, 0.3) is 11.8 Å². The number of nitrogens with zero attached hydrogens (tertiary/aromatic N) is 4. The van der Waals surface area contributed by atoms with Gasteiger partial charge in [-0.2, -0.15) is 15.1 Å². The Labute approximate surface area is 168 Å². The summed E-state index contributed by atoms with van der Waals surface area (Å²) in [6.07, 6.45) is 3.53. The number of benzene rings is 1. The van der Waals surface area contributed by atoms with Gasteiger partial charge in [0.15, 0.2) is 5.84 Å². The summed E-state index contributed by atoms with van der Waals surface area (Å²) in [5.41, 5.74) is 4.31. The Morgan fingerprint density at radius 2 is 1.96 bits per heavy atom. The van der Waals surface area contributed by atoms with Gasteiger partial charge >= 0.3 is 0 Å². The SMILES string of the molecule is CCCC1=NN2C(=N)C(=Cc3cc(C)n(-c4ccccc4)c3C)C(=O)N=C2S1. The highest BCUT2D eigenvalue weighted by atomic mass is 32.2. The summed E-state index contributed by atoms with van der Waals surface area (Å²) in [5, 5.41) is 15.8. The largest absolute Gasteiger partial charge is 0.318 e. The van der Waals surface area contributed by atoms with Gasteiger partial charge in [-0.15, -0.1) is 0 Å². The molecule has 6 nitrogen and oxygen atoms in total. The zero-order valence-electron chi connectivity index (χ0n) is 16.1. The van der Waals surface area contributed by atoms with Crippen molar-refractivity contribution in [2.24, 2.45) is 10.1 Å². The van der Waals surface area contributed by atoms with Crippen molar-refractivity contribution in [3.05, 3.63) is 58.9 Å². The van der Waals surface area contributed by atoms with Gasteiger partial charge in [0.05, 0.1) is 5.57 Å². The lowest BCUT2D eigenvalue weighted by molar-refractivity contribution is -0.114. The molecule has 0 fully saturated rings. The molecule has 0 atom stereocenters. The number of amides is 1. The molecule has 0 radical (unpaired) electrons. The number of nitrogens with one attached hydrogen (secondary N) is 1. The molecular formula is C21H21N5OS. The Morgan fingerprint density at radius 3 is 2.68 bits per heavy atom. The monoisotopic (exact) mass is 391 g/mol. The van der Waals surface area contributed by atoms with Crippen molar-refractivity contribution in [2.75, 3.05) is 0 Å². The van der Waals surface area contributed by atoms with Crippen LogP contribution in [0.2, 0.25) is 0 Å². The van der Waals surface area contributed by atoms with E-state index in [1.54, 1.807) is 6.08 Å². The Balaban J connectivity index is 1.73. The van der Waals surface area contributed by atoms with Gasteiger partial charge in [0.25, 0.3) is 5.91 Å². The molecule has 3 heterocycles. The Bertz CT molecular complexity index is 1060. The molecule has 1 amide bonds. The maximum Gasteiger partial charge on any atom is 0.283 e. The maximum atomic E-state index is 12.6. The molecular weight excluding hydrogens is 370 g/mol. The number of hydrogen-bond donors (Lipinski definition) is 1. The number of para-hydroxylation sites is 1. The van der Waals surface area contributed by atoms with Gasteiger partial charge < -0.3 is 4.57 Å². The van der Waals surface area contributed by atoms with Crippen LogP contribution in [-0.2, 0) is 4.79 Å². The highest BCUT2D eigenvalue weighted by Gasteiger charge is 2.35. The van der Waals surface area contributed by atoms with Crippen molar-refractivity contribution in [1.29, 1.82) is 5.41 Å². The van der Waals surface area contributed by atoms with E-state index in [2.05, 4.69) is 21.6 Å². The lowest BCUT2D eigenvalue weighted by Crippen LogP contribution is -2.35. The summed E-state index contributed by atoms with van der Waals surface area (Å²) in [4.78, 5) is 16.8. The predicted octanol–water partition coefficient (Wildman–Crippen LogP) is 4.51. The van der Waals surface area contributed by atoms with Crippen molar-refractivity contribution in [3.8, 4) is 5.69 Å². The fourth-order valence-corrected chi connectivity index (χ4v) is 4.40. The molecule has 2 aromatic rings. The van der Waals surface area contributed by atoms with Gasteiger partial charge in [0.2, 0.25) is 5.17 Å². The molecule has 0 spiro atoms. The number of carbonyl (C=O) groups is 1. The minimum atomic E-state index is -0.388. The van der Waals surface area contributed by atoms with Gasteiger partial charge in [-0.05, 0) is 68.3 Å². The number of aromatic nitrogens is 1. The van der Waals surface area contributed by atoms with Crippen LogP contribution < -0.4 is 0 Å². The van der Waals surface area contributed by atoms with E-state index < -0.39 is 0 Å². The van der Waals surface area contributed by atoms with E-state index in [0.29, 0.717) is 5.17 Å². The average molecular weight is 392 g/mol. The topological polar surface area (TPSA) is 73.8 Å². The van der Waals surface area contributed by atoms with E-state index in [1.807, 2.05) is 50.2 Å². The minimum absolute atomic E-state index is 0.0816. The van der Waals surface area contributed by atoms with Crippen molar-refractivity contribution in [1.82, 2.24) is 9.58 Å². The smallest absolute Gasteiger partial charge is 0.283 e. The van der Waals surface area contributed by atoms with Crippen LogP contribution in [0.5, 0.6) is 0 Å². The minimum Gasteiger partial charge on any atom is -0.318 e. The molecule has 0 saturated heterocycles. The number of aliphatic imine (C=N–C) groups is 1. The molecule has 0 bridgehead atoms. The molecule has 1 aromatic heterocycles. The number of hydrazone groups is 1. The van der Waals surface area contributed by atoms with E-state index in [9.17, 15) is 4.79 Å². The van der Waals surface area contributed by atoms with E-state index >= 15 is 0 Å². The molecule has 0 saturated carbocycles. The number of amidine groups is 2. The van der Waals surface area contributed by atoms with Crippen LogP contribution in [0, 0.1) is 19.3 Å². The molecule has 28 heavy (non-hydrogen) atoms. The van der Waals surface area contributed by atoms with E-state index in [1.165, 1.54) is 16.8 Å². The fourth-order valence-electron chi connectivity index (χ4n) is 3.41. The first-order valence-corrected chi connectivity index (χ1v) is 10.0. The summed E-state index contributed by atoms with van der Waals surface area (Å²) in [7, 11) is 0. The van der Waals surface area contributed by atoms with Crippen LogP contribution in [0.3, 0.4) is 0 Å². The molecule has 142 valence electrons. The fraction of sp³-hybridized carbons (Fsp3) is 0.238. The summed E-state index contributed by atoms with van der Waals surface area (Å²) < 4.78 is 2.14. The highest BCUT2D eigenvalue weighted by Crippen LogP contribution is 2.30. The molecule has 0 unspecified atom stereocenters. The lowest BCUT2D eigenvalue weighted by Gasteiger charge is -2.20.